The lowest BCUT2D eigenvalue weighted by Gasteiger charge is -2.33. The van der Waals surface area contributed by atoms with E-state index in [2.05, 4.69) is 10.1 Å². The summed E-state index contributed by atoms with van der Waals surface area (Å²) >= 11 is 13.0. The van der Waals surface area contributed by atoms with Crippen LogP contribution in [0.15, 0.2) is 51.9 Å². The summed E-state index contributed by atoms with van der Waals surface area (Å²) in [5.74, 6) is 0.350. The Morgan fingerprint density at radius 2 is 1.85 bits per heavy atom. The lowest BCUT2D eigenvalue weighted by Crippen LogP contribution is -2.38. The van der Waals surface area contributed by atoms with Crippen LogP contribution in [0, 0.1) is 5.92 Å². The molecule has 40 heavy (non-hydrogen) atoms. The minimum atomic E-state index is -3.87. The second-order valence-electron chi connectivity index (χ2n) is 10.8. The molecule has 0 radical (unpaired) electrons. The minimum absolute atomic E-state index is 0.0696. The number of nitrogens with zero attached hydrogens (tertiary/aromatic N) is 3. The number of carboxylic acid groups (broad SMARTS) is 1. The lowest BCUT2D eigenvalue weighted by atomic mass is 10.0. The number of carboxylic acids is 1. The van der Waals surface area contributed by atoms with Gasteiger partial charge in [0.05, 0.1) is 27.7 Å². The molecule has 2 bridgehead atoms. The Kier molecular flexibility index (Phi) is 7.33. The molecule has 1 N–H and O–H groups in total. The van der Waals surface area contributed by atoms with Gasteiger partial charge in [0.1, 0.15) is 18.0 Å². The number of aromatic nitrogens is 1. The summed E-state index contributed by atoms with van der Waals surface area (Å²) in [5, 5.41) is 14.3. The van der Waals surface area contributed by atoms with Gasteiger partial charge in [-0.05, 0) is 62.1 Å². The molecular weight excluding hydrogens is 577 g/mol. The molecule has 9 nitrogen and oxygen atoms in total. The summed E-state index contributed by atoms with van der Waals surface area (Å²) in [6, 6.07) is 12.3. The number of piperidine rings is 1. The summed E-state index contributed by atoms with van der Waals surface area (Å²) in [4.78, 5) is 13.3. The molecule has 2 heterocycles. The van der Waals surface area contributed by atoms with Crippen LogP contribution in [0.1, 0.15) is 42.9 Å². The Labute approximate surface area is 242 Å². The smallest absolute Gasteiger partial charge is 0.318 e. The van der Waals surface area contributed by atoms with Crippen LogP contribution < -0.4 is 4.90 Å². The maximum atomic E-state index is 12.7. The minimum Gasteiger partial charge on any atom is -0.480 e. The van der Waals surface area contributed by atoms with Crippen LogP contribution in [0.2, 0.25) is 10.0 Å². The van der Waals surface area contributed by atoms with Crippen molar-refractivity contribution in [1.82, 2.24) is 9.46 Å². The highest BCUT2D eigenvalue weighted by atomic mass is 35.5. The van der Waals surface area contributed by atoms with Gasteiger partial charge in [-0.25, -0.2) is 8.42 Å². The van der Waals surface area contributed by atoms with Crippen LogP contribution in [-0.4, -0.2) is 61.2 Å². The molecule has 212 valence electrons. The van der Waals surface area contributed by atoms with Crippen molar-refractivity contribution in [3.05, 3.63) is 63.8 Å². The number of fused-ring (bicyclic) bond motifs is 2. The van der Waals surface area contributed by atoms with Gasteiger partial charge in [-0.15, -0.1) is 0 Å². The lowest BCUT2D eigenvalue weighted by molar-refractivity contribution is -0.137. The van der Waals surface area contributed by atoms with E-state index in [4.69, 9.17) is 37.6 Å². The molecule has 1 aromatic heterocycles. The normalized spacial score (nSPS) is 22.4. The van der Waals surface area contributed by atoms with Gasteiger partial charge in [-0.3, -0.25) is 4.79 Å². The van der Waals surface area contributed by atoms with E-state index in [-0.39, 0.29) is 17.0 Å². The number of benzene rings is 2. The monoisotopic (exact) mass is 605 g/mol. The molecule has 2 aromatic carbocycles. The highest BCUT2D eigenvalue weighted by molar-refractivity contribution is 7.89. The van der Waals surface area contributed by atoms with E-state index in [1.807, 2.05) is 0 Å². The van der Waals surface area contributed by atoms with E-state index >= 15 is 0 Å². The van der Waals surface area contributed by atoms with E-state index in [0.29, 0.717) is 39.7 Å². The summed E-state index contributed by atoms with van der Waals surface area (Å²) < 4.78 is 38.4. The number of ether oxygens (including phenoxy) is 1. The molecular formula is C28H29Cl2N3O6S. The predicted octanol–water partition coefficient (Wildman–Crippen LogP) is 5.41. The van der Waals surface area contributed by atoms with Gasteiger partial charge < -0.3 is 19.3 Å². The fourth-order valence-corrected chi connectivity index (χ4v) is 7.63. The van der Waals surface area contributed by atoms with Gasteiger partial charge in [-0.2, -0.15) is 4.31 Å². The number of likely N-dealkylation sites (N-methyl/N-ethyl adjacent to an activating group) is 1. The van der Waals surface area contributed by atoms with E-state index in [1.165, 1.54) is 19.2 Å². The average Bonchev–Trinajstić information content (AvgIpc) is 3.37. The molecule has 12 heteroatoms. The third-order valence-electron chi connectivity index (χ3n) is 8.12. The standard InChI is InChI=1S/C28H29Cl2N3O6S/c1-32(14-25(34)35)40(36,37)20-9-7-18(8-10-20)33-13-17-11-19(33)12-24(17)38-15-21-27(31-39-28(21)16-5-6-16)26-22(29)3-2-4-23(26)30/h2-4,7-10,16-17,19,24H,5-6,11-15H2,1H3,(H,34,35)/t17-,19-,24+/m0/s1. The number of hydrogen-bond acceptors (Lipinski definition) is 7. The molecule has 2 aliphatic carbocycles. The van der Waals surface area contributed by atoms with Gasteiger partial charge in [-0.1, -0.05) is 34.4 Å². The molecule has 1 aliphatic heterocycles. The third-order valence-corrected chi connectivity index (χ3v) is 10.6. The Morgan fingerprint density at radius 3 is 2.45 bits per heavy atom. The molecule has 1 saturated heterocycles. The van der Waals surface area contributed by atoms with Crippen LogP contribution in [0.5, 0.6) is 0 Å². The molecule has 0 amide bonds. The number of aliphatic carboxylic acids is 1. The number of sulfonamides is 1. The zero-order valence-electron chi connectivity index (χ0n) is 21.8. The van der Waals surface area contributed by atoms with E-state index in [9.17, 15) is 13.2 Å². The van der Waals surface area contributed by atoms with Crippen LogP contribution >= 0.6 is 23.2 Å². The number of halogens is 2. The second kappa shape index (κ2) is 10.6. The van der Waals surface area contributed by atoms with E-state index in [1.54, 1.807) is 30.3 Å². The number of rotatable bonds is 10. The zero-order valence-corrected chi connectivity index (χ0v) is 24.1. The Morgan fingerprint density at radius 1 is 1.15 bits per heavy atom. The largest absolute Gasteiger partial charge is 0.480 e. The molecule has 3 fully saturated rings. The van der Waals surface area contributed by atoms with Crippen molar-refractivity contribution in [1.29, 1.82) is 0 Å². The van der Waals surface area contributed by atoms with Gasteiger partial charge >= 0.3 is 5.97 Å². The topological polar surface area (TPSA) is 113 Å². The maximum absolute atomic E-state index is 12.7. The highest BCUT2D eigenvalue weighted by Gasteiger charge is 2.46. The Bertz CT molecular complexity index is 1520. The number of anilines is 1. The summed E-state index contributed by atoms with van der Waals surface area (Å²) in [7, 11) is -2.61. The molecule has 3 aromatic rings. The van der Waals surface area contributed by atoms with Gasteiger partial charge in [0.2, 0.25) is 10.0 Å². The maximum Gasteiger partial charge on any atom is 0.318 e. The molecule has 2 saturated carbocycles. The van der Waals surface area contributed by atoms with Gasteiger partial charge in [0.15, 0.2) is 0 Å². The summed E-state index contributed by atoms with van der Waals surface area (Å²) in [6.07, 6.45) is 4.07. The van der Waals surface area contributed by atoms with Crippen molar-refractivity contribution in [2.45, 2.75) is 55.2 Å². The first-order valence-corrected chi connectivity index (χ1v) is 15.4. The highest BCUT2D eigenvalue weighted by Crippen LogP contribution is 2.47. The van der Waals surface area contributed by atoms with Gasteiger partial charge in [0, 0.05) is 48.3 Å². The van der Waals surface area contributed by atoms with Crippen molar-refractivity contribution < 1.29 is 27.6 Å². The fraction of sp³-hybridized carbons (Fsp3) is 0.429. The summed E-state index contributed by atoms with van der Waals surface area (Å²) in [5.41, 5.74) is 3.17. The molecule has 0 spiro atoms. The molecule has 3 aliphatic rings. The SMILES string of the molecule is CN(CC(=O)O)S(=O)(=O)c1ccc(N2C[C@@H]3C[C@H]2C[C@H]3OCc2c(-c3c(Cl)cccc3Cl)noc2C2CC2)cc1. The van der Waals surface area contributed by atoms with Gasteiger partial charge in [0.25, 0.3) is 0 Å². The van der Waals surface area contributed by atoms with Crippen LogP contribution in [0.4, 0.5) is 5.69 Å². The number of carbonyl (C=O) groups is 1. The quantitative estimate of drug-likeness (QED) is 0.326. The summed E-state index contributed by atoms with van der Waals surface area (Å²) in [6.45, 7) is 0.588. The second-order valence-corrected chi connectivity index (χ2v) is 13.6. The van der Waals surface area contributed by atoms with Crippen LogP contribution in [0.3, 0.4) is 0 Å². The Balaban J connectivity index is 1.13. The number of hydrogen-bond donors (Lipinski definition) is 1. The zero-order chi connectivity index (χ0) is 28.2. The molecule has 0 unspecified atom stereocenters. The Hall–Kier alpha value is -2.63. The van der Waals surface area contributed by atoms with Crippen molar-refractivity contribution in [2.24, 2.45) is 5.92 Å². The average molecular weight is 607 g/mol. The van der Waals surface area contributed by atoms with Crippen molar-refractivity contribution in [2.75, 3.05) is 25.0 Å². The predicted molar refractivity (Wildman–Crippen MR) is 150 cm³/mol. The van der Waals surface area contributed by atoms with Crippen molar-refractivity contribution >= 4 is 44.9 Å². The van der Waals surface area contributed by atoms with Crippen molar-refractivity contribution in [3.63, 3.8) is 0 Å². The van der Waals surface area contributed by atoms with E-state index in [0.717, 1.165) is 53.5 Å². The van der Waals surface area contributed by atoms with Crippen molar-refractivity contribution in [3.8, 4) is 11.3 Å². The first-order valence-electron chi connectivity index (χ1n) is 13.2. The first-order chi connectivity index (χ1) is 19.1. The van der Waals surface area contributed by atoms with E-state index < -0.39 is 22.5 Å². The molecule has 6 rings (SSSR count). The van der Waals surface area contributed by atoms with Crippen LogP contribution in [0.25, 0.3) is 11.3 Å². The molecule has 3 atom stereocenters. The third kappa shape index (κ3) is 5.12. The fourth-order valence-electron chi connectivity index (χ4n) is 5.93. The van der Waals surface area contributed by atoms with Crippen LogP contribution in [-0.2, 0) is 26.2 Å². The first kappa shape index (κ1) is 27.5.